The maximum absolute atomic E-state index is 12.0. The SMILES string of the molecule is Cc1ccc(S(=O)(=O)N[C@@H](CNCC(=O)O)C(=O)O)cc1. The number of benzene rings is 1. The summed E-state index contributed by atoms with van der Waals surface area (Å²) in [5.41, 5.74) is 0.867. The molecule has 0 saturated heterocycles. The topological polar surface area (TPSA) is 133 Å². The zero-order chi connectivity index (χ0) is 16.0. The van der Waals surface area contributed by atoms with Crippen molar-refractivity contribution in [3.05, 3.63) is 29.8 Å². The van der Waals surface area contributed by atoms with Crippen molar-refractivity contribution >= 4 is 22.0 Å². The van der Waals surface area contributed by atoms with E-state index in [4.69, 9.17) is 10.2 Å². The van der Waals surface area contributed by atoms with E-state index in [0.29, 0.717) is 0 Å². The molecule has 1 atom stereocenters. The Kier molecular flexibility index (Phi) is 5.82. The number of nitrogens with one attached hydrogen (secondary N) is 2. The van der Waals surface area contributed by atoms with Crippen molar-refractivity contribution < 1.29 is 28.2 Å². The fraction of sp³-hybridized carbons (Fsp3) is 0.333. The lowest BCUT2D eigenvalue weighted by Crippen LogP contribution is -2.47. The summed E-state index contributed by atoms with van der Waals surface area (Å²) in [6.45, 7) is 0.989. The Morgan fingerprint density at radius 2 is 1.76 bits per heavy atom. The average Bonchev–Trinajstić information content (AvgIpc) is 2.37. The third kappa shape index (κ3) is 5.50. The van der Waals surface area contributed by atoms with Crippen molar-refractivity contribution in [2.45, 2.75) is 17.9 Å². The van der Waals surface area contributed by atoms with Gasteiger partial charge < -0.3 is 15.5 Å². The average molecular weight is 316 g/mol. The first-order chi connectivity index (χ1) is 9.72. The monoisotopic (exact) mass is 316 g/mol. The van der Waals surface area contributed by atoms with Crippen LogP contribution in [-0.4, -0.2) is 49.7 Å². The second kappa shape index (κ2) is 7.16. The molecule has 9 heteroatoms. The van der Waals surface area contributed by atoms with Gasteiger partial charge in [-0.05, 0) is 19.1 Å². The summed E-state index contributed by atoms with van der Waals surface area (Å²) in [5.74, 6) is -2.57. The molecule has 0 bridgehead atoms. The smallest absolute Gasteiger partial charge is 0.323 e. The van der Waals surface area contributed by atoms with Crippen LogP contribution in [0, 0.1) is 6.92 Å². The van der Waals surface area contributed by atoms with Crippen molar-refractivity contribution in [2.24, 2.45) is 0 Å². The Morgan fingerprint density at radius 1 is 1.19 bits per heavy atom. The Bertz CT molecular complexity index is 611. The fourth-order valence-electron chi connectivity index (χ4n) is 1.48. The largest absolute Gasteiger partial charge is 0.480 e. The molecule has 0 radical (unpaired) electrons. The minimum absolute atomic E-state index is 0.0578. The first kappa shape index (κ1) is 17.1. The quantitative estimate of drug-likeness (QED) is 0.503. The lowest BCUT2D eigenvalue weighted by atomic mass is 10.2. The van der Waals surface area contributed by atoms with Crippen molar-refractivity contribution in [1.29, 1.82) is 0 Å². The second-order valence-corrected chi connectivity index (χ2v) is 6.06. The molecule has 0 spiro atoms. The highest BCUT2D eigenvalue weighted by Gasteiger charge is 2.25. The van der Waals surface area contributed by atoms with Gasteiger partial charge in [0.05, 0.1) is 11.4 Å². The van der Waals surface area contributed by atoms with Crippen LogP contribution >= 0.6 is 0 Å². The molecule has 0 heterocycles. The minimum Gasteiger partial charge on any atom is -0.480 e. The molecule has 4 N–H and O–H groups in total. The number of carboxylic acid groups (broad SMARTS) is 2. The van der Waals surface area contributed by atoms with Crippen LogP contribution < -0.4 is 10.0 Å². The van der Waals surface area contributed by atoms with Gasteiger partial charge in [0.2, 0.25) is 10.0 Å². The van der Waals surface area contributed by atoms with E-state index >= 15 is 0 Å². The summed E-state index contributed by atoms with van der Waals surface area (Å²) in [6, 6.07) is 4.44. The normalized spacial score (nSPS) is 12.8. The molecule has 0 aliphatic heterocycles. The van der Waals surface area contributed by atoms with Crippen molar-refractivity contribution in [1.82, 2.24) is 10.0 Å². The molecule has 0 aromatic heterocycles. The Balaban J connectivity index is 2.79. The van der Waals surface area contributed by atoms with E-state index in [-0.39, 0.29) is 11.4 Å². The first-order valence-corrected chi connectivity index (χ1v) is 7.45. The molecular formula is C12H16N2O6S. The van der Waals surface area contributed by atoms with Crippen LogP contribution in [0.25, 0.3) is 0 Å². The molecule has 21 heavy (non-hydrogen) atoms. The van der Waals surface area contributed by atoms with Gasteiger partial charge in [-0.25, -0.2) is 8.42 Å². The number of hydrogen-bond acceptors (Lipinski definition) is 5. The molecule has 1 rings (SSSR count). The number of aliphatic carboxylic acids is 2. The second-order valence-electron chi connectivity index (χ2n) is 4.35. The number of carbonyl (C=O) groups is 2. The van der Waals surface area contributed by atoms with Crippen LogP contribution in [0.2, 0.25) is 0 Å². The third-order valence-corrected chi connectivity index (χ3v) is 4.04. The van der Waals surface area contributed by atoms with Gasteiger partial charge >= 0.3 is 11.9 Å². The van der Waals surface area contributed by atoms with Crippen LogP contribution in [0.1, 0.15) is 5.56 Å². The summed E-state index contributed by atoms with van der Waals surface area (Å²) in [6.07, 6.45) is 0. The molecule has 0 saturated carbocycles. The van der Waals surface area contributed by atoms with E-state index in [0.717, 1.165) is 5.56 Å². The van der Waals surface area contributed by atoms with Gasteiger partial charge in [0.25, 0.3) is 0 Å². The summed E-state index contributed by atoms with van der Waals surface area (Å²) < 4.78 is 26.1. The summed E-state index contributed by atoms with van der Waals surface area (Å²) >= 11 is 0. The number of rotatable bonds is 8. The Hall–Kier alpha value is -1.97. The molecule has 1 aromatic carbocycles. The van der Waals surface area contributed by atoms with Crippen LogP contribution in [0.15, 0.2) is 29.2 Å². The first-order valence-electron chi connectivity index (χ1n) is 5.96. The van der Waals surface area contributed by atoms with Crippen molar-refractivity contribution in [3.8, 4) is 0 Å². The van der Waals surface area contributed by atoms with Gasteiger partial charge in [-0.2, -0.15) is 4.72 Å². The van der Waals surface area contributed by atoms with E-state index in [1.54, 1.807) is 19.1 Å². The van der Waals surface area contributed by atoms with Gasteiger partial charge in [0, 0.05) is 6.54 Å². The van der Waals surface area contributed by atoms with Crippen LogP contribution in [0.5, 0.6) is 0 Å². The van der Waals surface area contributed by atoms with Gasteiger partial charge in [-0.3, -0.25) is 9.59 Å². The molecule has 0 aliphatic rings. The summed E-state index contributed by atoms with van der Waals surface area (Å²) in [7, 11) is -3.99. The van der Waals surface area contributed by atoms with E-state index in [1.165, 1.54) is 12.1 Å². The summed E-state index contributed by atoms with van der Waals surface area (Å²) in [4.78, 5) is 21.3. The van der Waals surface area contributed by atoms with Gasteiger partial charge in [0.1, 0.15) is 6.04 Å². The lowest BCUT2D eigenvalue weighted by molar-refractivity contribution is -0.140. The zero-order valence-corrected chi connectivity index (χ0v) is 12.1. The Labute approximate surface area is 121 Å². The minimum atomic E-state index is -3.99. The number of sulfonamides is 1. The standard InChI is InChI=1S/C12H16N2O6S/c1-8-2-4-9(5-3-8)21(19,20)14-10(12(17)18)6-13-7-11(15)16/h2-5,10,13-14H,6-7H2,1H3,(H,15,16)(H,17,18)/t10-/m0/s1. The van der Waals surface area contributed by atoms with Crippen molar-refractivity contribution in [2.75, 3.05) is 13.1 Å². The maximum Gasteiger partial charge on any atom is 0.323 e. The molecule has 116 valence electrons. The van der Waals surface area contributed by atoms with E-state index < -0.39 is 34.5 Å². The lowest BCUT2D eigenvalue weighted by Gasteiger charge is -2.15. The molecule has 8 nitrogen and oxygen atoms in total. The van der Waals surface area contributed by atoms with Gasteiger partial charge in [-0.15, -0.1) is 0 Å². The van der Waals surface area contributed by atoms with Crippen molar-refractivity contribution in [3.63, 3.8) is 0 Å². The summed E-state index contributed by atoms with van der Waals surface area (Å²) in [5, 5.41) is 19.8. The van der Waals surface area contributed by atoms with Gasteiger partial charge in [0.15, 0.2) is 0 Å². The van der Waals surface area contributed by atoms with Crippen LogP contribution in [0.3, 0.4) is 0 Å². The number of carboxylic acids is 2. The van der Waals surface area contributed by atoms with Crippen LogP contribution in [0.4, 0.5) is 0 Å². The predicted octanol–water partition coefficient (Wildman–Crippen LogP) is -0.599. The molecule has 0 amide bonds. The third-order valence-electron chi connectivity index (χ3n) is 2.55. The Morgan fingerprint density at radius 3 is 2.24 bits per heavy atom. The van der Waals surface area contributed by atoms with E-state index in [1.807, 2.05) is 4.72 Å². The van der Waals surface area contributed by atoms with E-state index in [9.17, 15) is 18.0 Å². The number of hydrogen-bond donors (Lipinski definition) is 4. The highest BCUT2D eigenvalue weighted by Crippen LogP contribution is 2.10. The van der Waals surface area contributed by atoms with Gasteiger partial charge in [-0.1, -0.05) is 17.7 Å². The predicted molar refractivity (Wildman–Crippen MR) is 73.4 cm³/mol. The van der Waals surface area contributed by atoms with E-state index in [2.05, 4.69) is 5.32 Å². The highest BCUT2D eigenvalue weighted by atomic mass is 32.2. The molecule has 0 fully saturated rings. The molecule has 1 aromatic rings. The maximum atomic E-state index is 12.0. The fourth-order valence-corrected chi connectivity index (χ4v) is 2.66. The zero-order valence-electron chi connectivity index (χ0n) is 11.2. The number of aryl methyl sites for hydroxylation is 1. The molecule has 0 unspecified atom stereocenters. The van der Waals surface area contributed by atoms with Crippen LogP contribution in [-0.2, 0) is 19.6 Å². The molecule has 0 aliphatic carbocycles. The molecular weight excluding hydrogens is 300 g/mol. The highest BCUT2D eigenvalue weighted by molar-refractivity contribution is 7.89.